The molecule has 0 spiro atoms. The number of hydrogen-bond donors (Lipinski definition) is 6. The Morgan fingerprint density at radius 3 is 2.58 bits per heavy atom. The maximum absolute atomic E-state index is 12.9. The highest BCUT2D eigenvalue weighted by Crippen LogP contribution is 2.26. The van der Waals surface area contributed by atoms with E-state index < -0.39 is 34.2 Å². The van der Waals surface area contributed by atoms with E-state index in [9.17, 15) is 18.0 Å². The normalized spacial score (nSPS) is 17.8. The molecule has 2 saturated heterocycles. The fourth-order valence-electron chi connectivity index (χ4n) is 4.17. The zero-order valence-corrected chi connectivity index (χ0v) is 26.2. The van der Waals surface area contributed by atoms with E-state index >= 15 is 0 Å². The number of oxime groups is 1. The first-order valence-corrected chi connectivity index (χ1v) is 15.9. The summed E-state index contributed by atoms with van der Waals surface area (Å²) in [5, 5.41) is 23.4. The number of hydrogen-bond acceptors (Lipinski definition) is 14. The molecule has 45 heavy (non-hydrogen) atoms. The molecule has 19 heteroatoms. The standard InChI is InChI=1S/C23H26N8O7S2.C2H6.CH2O2/c1-12-18(22(33)31(12)40(34,35)36)29-21(32)19(17-11-39-23(24)28-17)30-38-7-6-37-15-2-3-16-13(8-15)4-5-26-20(16)27-14-9-25-10-14;1-2;2-1-3/h2-5,8,11-12,14,18,25H,6-7,9-10H2,1H3,(H2,24,28)(H,26,27)(H,29,32)(H,34,35,36);1-2H3;1H,(H,2,3)/b30-19-;;/t12-,18-;;/m0../s1. The summed E-state index contributed by atoms with van der Waals surface area (Å²) in [5.41, 5.74) is 5.53. The van der Waals surface area contributed by atoms with Gasteiger partial charge in [0.15, 0.2) is 17.5 Å². The van der Waals surface area contributed by atoms with Gasteiger partial charge in [0.05, 0.1) is 12.1 Å². The first-order chi connectivity index (χ1) is 21.5. The third-order valence-electron chi connectivity index (χ3n) is 6.31. The number of ether oxygens (including phenoxy) is 1. The molecule has 2 aromatic heterocycles. The van der Waals surface area contributed by atoms with Crippen molar-refractivity contribution in [1.82, 2.24) is 24.9 Å². The number of anilines is 2. The summed E-state index contributed by atoms with van der Waals surface area (Å²) in [7, 11) is -4.74. The number of nitrogens with one attached hydrogen (secondary N) is 3. The molecule has 0 radical (unpaired) electrons. The number of β-lactam (4-membered cyclic amide) rings is 1. The Balaban J connectivity index is 0.00000104. The van der Waals surface area contributed by atoms with E-state index in [0.29, 0.717) is 11.8 Å². The van der Waals surface area contributed by atoms with Crippen molar-refractivity contribution in [3.8, 4) is 5.75 Å². The number of nitrogens with two attached hydrogens (primary N) is 1. The molecule has 244 valence electrons. The number of benzene rings is 1. The molecule has 2 aliphatic rings. The van der Waals surface area contributed by atoms with Crippen molar-refractivity contribution >= 4 is 67.4 Å². The van der Waals surface area contributed by atoms with Crippen molar-refractivity contribution in [2.75, 3.05) is 37.4 Å². The minimum absolute atomic E-state index is 0.0262. The molecular weight excluding hydrogens is 632 g/mol. The van der Waals surface area contributed by atoms with Gasteiger partial charge in [-0.25, -0.2) is 14.3 Å². The lowest BCUT2D eigenvalue weighted by atomic mass is 10.0. The van der Waals surface area contributed by atoms with E-state index in [4.69, 9.17) is 29.8 Å². The molecule has 2 amide bonds. The number of carboxylic acid groups (broad SMARTS) is 1. The zero-order chi connectivity index (χ0) is 33.1. The maximum Gasteiger partial charge on any atom is 0.362 e. The van der Waals surface area contributed by atoms with E-state index in [1.165, 1.54) is 12.3 Å². The van der Waals surface area contributed by atoms with E-state index in [1.54, 1.807) is 6.20 Å². The average molecular weight is 667 g/mol. The highest BCUT2D eigenvalue weighted by atomic mass is 32.2. The number of carbonyl (C=O) groups is 3. The fraction of sp³-hybridized carbons (Fsp3) is 0.385. The lowest BCUT2D eigenvalue weighted by molar-refractivity contribution is -0.143. The van der Waals surface area contributed by atoms with Gasteiger partial charge in [-0.1, -0.05) is 19.0 Å². The van der Waals surface area contributed by atoms with Gasteiger partial charge in [0.25, 0.3) is 18.3 Å². The van der Waals surface area contributed by atoms with Crippen LogP contribution in [0.4, 0.5) is 10.9 Å². The van der Waals surface area contributed by atoms with Gasteiger partial charge in [0, 0.05) is 30.1 Å². The third-order valence-corrected chi connectivity index (χ3v) is 7.99. The third kappa shape index (κ3) is 8.75. The van der Waals surface area contributed by atoms with Crippen molar-refractivity contribution in [3.63, 3.8) is 0 Å². The number of carbonyl (C=O) groups excluding carboxylic acids is 2. The largest absolute Gasteiger partial charge is 0.490 e. The summed E-state index contributed by atoms with van der Waals surface area (Å²) in [4.78, 5) is 47.2. The first-order valence-electron chi connectivity index (χ1n) is 13.6. The van der Waals surface area contributed by atoms with Gasteiger partial charge < -0.3 is 36.4 Å². The van der Waals surface area contributed by atoms with Crippen molar-refractivity contribution in [3.05, 3.63) is 41.5 Å². The quantitative estimate of drug-likeness (QED) is 0.0412. The molecule has 0 bridgehead atoms. The molecule has 2 aliphatic heterocycles. The summed E-state index contributed by atoms with van der Waals surface area (Å²) >= 11 is 1.07. The molecule has 0 aliphatic carbocycles. The van der Waals surface area contributed by atoms with Crippen LogP contribution in [0.25, 0.3) is 10.8 Å². The molecule has 5 rings (SSSR count). The number of pyridine rings is 1. The summed E-state index contributed by atoms with van der Waals surface area (Å²) < 4.78 is 37.8. The van der Waals surface area contributed by atoms with Crippen LogP contribution in [0.3, 0.4) is 0 Å². The highest BCUT2D eigenvalue weighted by Gasteiger charge is 2.51. The molecule has 2 atom stereocenters. The molecule has 0 unspecified atom stereocenters. The molecule has 0 saturated carbocycles. The molecule has 17 nitrogen and oxygen atoms in total. The minimum atomic E-state index is -4.74. The maximum atomic E-state index is 12.9. The van der Waals surface area contributed by atoms with Gasteiger partial charge in [-0.05, 0) is 36.6 Å². The lowest BCUT2D eigenvalue weighted by Crippen LogP contribution is -2.71. The Morgan fingerprint density at radius 1 is 1.29 bits per heavy atom. The minimum Gasteiger partial charge on any atom is -0.490 e. The summed E-state index contributed by atoms with van der Waals surface area (Å²) in [6.45, 7) is 6.98. The second kappa shape index (κ2) is 15.9. The van der Waals surface area contributed by atoms with Gasteiger partial charge in [0.2, 0.25) is 0 Å². The Hall–Kier alpha value is -4.59. The van der Waals surface area contributed by atoms with E-state index in [2.05, 4.69) is 31.1 Å². The van der Waals surface area contributed by atoms with E-state index in [1.807, 2.05) is 38.1 Å². The molecule has 2 fully saturated rings. The van der Waals surface area contributed by atoms with Crippen molar-refractivity contribution in [1.29, 1.82) is 0 Å². The number of amides is 2. The van der Waals surface area contributed by atoms with Crippen LogP contribution in [-0.2, 0) is 29.5 Å². The molecule has 4 heterocycles. The fourth-order valence-corrected chi connectivity index (χ4v) is 5.60. The van der Waals surface area contributed by atoms with Crippen LogP contribution in [0.5, 0.6) is 5.75 Å². The highest BCUT2D eigenvalue weighted by molar-refractivity contribution is 7.84. The van der Waals surface area contributed by atoms with Gasteiger partial charge in [-0.15, -0.1) is 11.3 Å². The Kier molecular flexibility index (Phi) is 12.4. The lowest BCUT2D eigenvalue weighted by Gasteiger charge is -2.42. The van der Waals surface area contributed by atoms with Crippen LogP contribution in [0.2, 0.25) is 0 Å². The van der Waals surface area contributed by atoms with Crippen LogP contribution in [0, 0.1) is 0 Å². The van der Waals surface area contributed by atoms with Crippen molar-refractivity contribution < 1.29 is 42.0 Å². The topological polar surface area (TPSA) is 248 Å². The van der Waals surface area contributed by atoms with Gasteiger partial charge in [0.1, 0.15) is 29.9 Å². The molecular formula is C26H34N8O9S2. The summed E-state index contributed by atoms with van der Waals surface area (Å²) in [6, 6.07) is 5.68. The smallest absolute Gasteiger partial charge is 0.362 e. The van der Waals surface area contributed by atoms with Crippen LogP contribution >= 0.6 is 11.3 Å². The average Bonchev–Trinajstić information content (AvgIpc) is 3.41. The first kappa shape index (κ1) is 34.9. The van der Waals surface area contributed by atoms with Crippen LogP contribution < -0.4 is 26.4 Å². The van der Waals surface area contributed by atoms with Crippen molar-refractivity contribution in [2.45, 2.75) is 38.9 Å². The Morgan fingerprint density at radius 2 is 2.00 bits per heavy atom. The zero-order valence-electron chi connectivity index (χ0n) is 24.5. The van der Waals surface area contributed by atoms with Crippen LogP contribution in [0.15, 0.2) is 41.0 Å². The van der Waals surface area contributed by atoms with Crippen LogP contribution in [-0.4, -0.2) is 101 Å². The summed E-state index contributed by atoms with van der Waals surface area (Å²) in [6.07, 6.45) is 1.73. The number of thiazole rings is 1. The number of nitrogen functional groups attached to an aromatic ring is 1. The van der Waals surface area contributed by atoms with Gasteiger partial charge >= 0.3 is 10.3 Å². The predicted octanol–water partition coefficient (Wildman–Crippen LogP) is 0.702. The number of fused-ring (bicyclic) bond motifs is 1. The van der Waals surface area contributed by atoms with Crippen LogP contribution in [0.1, 0.15) is 26.5 Å². The van der Waals surface area contributed by atoms with Gasteiger partial charge in [-0.2, -0.15) is 8.42 Å². The van der Waals surface area contributed by atoms with E-state index in [0.717, 1.165) is 41.0 Å². The summed E-state index contributed by atoms with van der Waals surface area (Å²) in [5.74, 6) is -0.403. The number of nitrogens with zero attached hydrogens (tertiary/aromatic N) is 4. The van der Waals surface area contributed by atoms with Gasteiger partial charge in [-0.3, -0.25) is 18.9 Å². The molecule has 7 N–H and O–H groups in total. The predicted molar refractivity (Wildman–Crippen MR) is 166 cm³/mol. The molecule has 3 aromatic rings. The SMILES string of the molecule is CC.C[C@H]1[C@H](NC(=O)/C(=N\OCCOc2ccc3c(NC4CNC4)nccc3c2)c2csc(N)n2)C(=O)N1S(=O)(=O)O.O=CO. The second-order valence-electron chi connectivity index (χ2n) is 9.14. The molecule has 1 aromatic carbocycles. The van der Waals surface area contributed by atoms with E-state index in [-0.39, 0.29) is 40.5 Å². The number of aromatic nitrogens is 2. The Labute approximate surface area is 262 Å². The monoisotopic (exact) mass is 666 g/mol. The van der Waals surface area contributed by atoms with Crippen molar-refractivity contribution in [2.24, 2.45) is 5.16 Å². The number of rotatable bonds is 11. The Bertz CT molecular complexity index is 1630. The second-order valence-corrected chi connectivity index (χ2v) is 11.3.